The first-order chi connectivity index (χ1) is 9.41. The number of Topliss-reactive ketones (excluding diaryl/α,β-unsaturated/α-hetero) is 1. The molecule has 2 heterocycles. The van der Waals surface area contributed by atoms with Gasteiger partial charge in [-0.15, -0.1) is 0 Å². The second kappa shape index (κ2) is 4.13. The Balaban J connectivity index is 2.13. The van der Waals surface area contributed by atoms with Crippen molar-refractivity contribution in [2.75, 3.05) is 5.32 Å². The van der Waals surface area contributed by atoms with E-state index in [1.54, 1.807) is 6.92 Å². The molecule has 0 unspecified atom stereocenters. The van der Waals surface area contributed by atoms with Crippen LogP contribution in [0.4, 0.5) is 5.69 Å². The Morgan fingerprint density at radius 1 is 1.25 bits per heavy atom. The Morgan fingerprint density at radius 3 is 2.70 bits per heavy atom. The zero-order valence-electron chi connectivity index (χ0n) is 12.0. The molecule has 4 heteroatoms. The van der Waals surface area contributed by atoms with Crippen LogP contribution in [0.25, 0.3) is 0 Å². The summed E-state index contributed by atoms with van der Waals surface area (Å²) in [6.07, 6.45) is 1.81. The molecule has 1 aromatic rings. The van der Waals surface area contributed by atoms with Crippen LogP contribution in [-0.2, 0) is 9.53 Å². The van der Waals surface area contributed by atoms with E-state index in [0.717, 1.165) is 17.0 Å². The molecule has 104 valence electrons. The first-order valence-corrected chi connectivity index (χ1v) is 6.59. The Labute approximate surface area is 118 Å². The Kier molecular flexibility index (Phi) is 2.64. The minimum Gasteiger partial charge on any atom is -0.466 e. The van der Waals surface area contributed by atoms with Crippen LogP contribution in [0, 0.1) is 6.92 Å². The molecule has 0 fully saturated rings. The number of fused-ring (bicyclic) bond motifs is 1. The van der Waals surface area contributed by atoms with Crippen molar-refractivity contribution in [1.29, 1.82) is 0 Å². The highest BCUT2D eigenvalue weighted by Crippen LogP contribution is 2.44. The number of nitrogens with one attached hydrogen (secondary N) is 1. The summed E-state index contributed by atoms with van der Waals surface area (Å²) >= 11 is 0. The van der Waals surface area contributed by atoms with Crippen LogP contribution in [0.15, 0.2) is 41.4 Å². The van der Waals surface area contributed by atoms with Crippen LogP contribution in [0.2, 0.25) is 0 Å². The molecule has 0 amide bonds. The smallest absolute Gasteiger partial charge is 0.237 e. The SMILES string of the molecule is CC(=O)C1=C(C)OC(C)=C[C@]12Nc1cc(C)ccc1O2. The summed E-state index contributed by atoms with van der Waals surface area (Å²) in [6, 6.07) is 5.91. The van der Waals surface area contributed by atoms with Gasteiger partial charge in [0.1, 0.15) is 22.8 Å². The van der Waals surface area contributed by atoms with Crippen LogP contribution >= 0.6 is 0 Å². The Morgan fingerprint density at radius 2 is 2.00 bits per heavy atom. The van der Waals surface area contributed by atoms with E-state index in [1.807, 2.05) is 38.1 Å². The van der Waals surface area contributed by atoms with Crippen molar-refractivity contribution in [2.45, 2.75) is 33.4 Å². The zero-order valence-corrected chi connectivity index (χ0v) is 12.0. The molecule has 0 aliphatic carbocycles. The number of aryl methyl sites for hydroxylation is 1. The van der Waals surface area contributed by atoms with Gasteiger partial charge >= 0.3 is 0 Å². The van der Waals surface area contributed by atoms with Gasteiger partial charge in [0.15, 0.2) is 5.78 Å². The average molecular weight is 271 g/mol. The molecule has 1 spiro atoms. The van der Waals surface area contributed by atoms with Gasteiger partial charge in [0, 0.05) is 6.08 Å². The number of ether oxygens (including phenoxy) is 2. The van der Waals surface area contributed by atoms with Crippen molar-refractivity contribution in [1.82, 2.24) is 0 Å². The number of allylic oxidation sites excluding steroid dienone is 2. The summed E-state index contributed by atoms with van der Waals surface area (Å²) in [5.41, 5.74) is 1.59. The summed E-state index contributed by atoms with van der Waals surface area (Å²) in [5, 5.41) is 3.33. The van der Waals surface area contributed by atoms with Gasteiger partial charge < -0.3 is 14.8 Å². The van der Waals surface area contributed by atoms with E-state index in [9.17, 15) is 4.79 Å². The highest BCUT2D eigenvalue weighted by molar-refractivity contribution is 5.98. The fourth-order valence-electron chi connectivity index (χ4n) is 2.86. The van der Waals surface area contributed by atoms with Crippen LogP contribution in [0.3, 0.4) is 0 Å². The normalized spacial score (nSPS) is 23.7. The van der Waals surface area contributed by atoms with Crippen molar-refractivity contribution in [3.8, 4) is 5.75 Å². The number of ketones is 1. The molecule has 4 nitrogen and oxygen atoms in total. The molecule has 1 atom stereocenters. The summed E-state index contributed by atoms with van der Waals surface area (Å²) in [4.78, 5) is 12.0. The topological polar surface area (TPSA) is 47.6 Å². The monoisotopic (exact) mass is 271 g/mol. The van der Waals surface area contributed by atoms with E-state index in [-0.39, 0.29) is 5.78 Å². The van der Waals surface area contributed by atoms with Gasteiger partial charge in [0.25, 0.3) is 0 Å². The van der Waals surface area contributed by atoms with Crippen LogP contribution in [0.1, 0.15) is 26.3 Å². The molecule has 2 aliphatic rings. The molecular formula is C16H17NO3. The van der Waals surface area contributed by atoms with E-state index < -0.39 is 5.72 Å². The van der Waals surface area contributed by atoms with Crippen LogP contribution in [0.5, 0.6) is 5.75 Å². The first-order valence-electron chi connectivity index (χ1n) is 6.59. The zero-order chi connectivity index (χ0) is 14.5. The van der Waals surface area contributed by atoms with Gasteiger partial charge in [-0.3, -0.25) is 4.79 Å². The second-order valence-corrected chi connectivity index (χ2v) is 5.31. The van der Waals surface area contributed by atoms with Crippen molar-refractivity contribution < 1.29 is 14.3 Å². The maximum absolute atomic E-state index is 12.0. The summed E-state index contributed by atoms with van der Waals surface area (Å²) < 4.78 is 11.6. The summed E-state index contributed by atoms with van der Waals surface area (Å²) in [6.45, 7) is 7.18. The second-order valence-electron chi connectivity index (χ2n) is 5.31. The molecule has 0 aromatic heterocycles. The molecule has 2 aliphatic heterocycles. The number of carbonyl (C=O) groups excluding carboxylic acids is 1. The fraction of sp³-hybridized carbons (Fsp3) is 0.312. The number of carbonyl (C=O) groups is 1. The number of hydrogen-bond donors (Lipinski definition) is 1. The third kappa shape index (κ3) is 1.80. The molecule has 3 rings (SSSR count). The van der Waals surface area contributed by atoms with Gasteiger partial charge in [-0.25, -0.2) is 0 Å². The predicted molar refractivity (Wildman–Crippen MR) is 76.4 cm³/mol. The highest BCUT2D eigenvalue weighted by atomic mass is 16.5. The molecule has 1 N–H and O–H groups in total. The fourth-order valence-corrected chi connectivity index (χ4v) is 2.86. The standard InChI is InChI=1S/C16H17NO3/c1-9-5-6-14-13(7-9)17-16(20-14)8-10(2)19-12(4)15(16)11(3)18/h5-8,17H,1-4H3/t16-/m1/s1. The minimum atomic E-state index is -0.950. The number of anilines is 1. The Bertz CT molecular complexity index is 672. The molecule has 0 bridgehead atoms. The third-order valence-corrected chi connectivity index (χ3v) is 3.52. The average Bonchev–Trinajstić information content (AvgIpc) is 2.63. The first kappa shape index (κ1) is 12.8. The van der Waals surface area contributed by atoms with Gasteiger partial charge in [0.05, 0.1) is 5.69 Å². The molecule has 20 heavy (non-hydrogen) atoms. The molecule has 0 radical (unpaired) electrons. The van der Waals surface area contributed by atoms with E-state index in [1.165, 1.54) is 6.92 Å². The highest BCUT2D eigenvalue weighted by Gasteiger charge is 2.46. The lowest BCUT2D eigenvalue weighted by molar-refractivity contribution is -0.115. The van der Waals surface area contributed by atoms with Gasteiger partial charge in [-0.05, 0) is 45.4 Å². The van der Waals surface area contributed by atoms with Crippen molar-refractivity contribution in [2.24, 2.45) is 0 Å². The minimum absolute atomic E-state index is 0.0664. The molecule has 0 saturated heterocycles. The van der Waals surface area contributed by atoms with Crippen molar-refractivity contribution in [3.05, 3.63) is 46.9 Å². The summed E-state index contributed by atoms with van der Waals surface area (Å²) in [7, 11) is 0. The maximum atomic E-state index is 12.0. The molecule has 1 aromatic carbocycles. The molecule has 0 saturated carbocycles. The Hall–Kier alpha value is -2.23. The lowest BCUT2D eigenvalue weighted by Gasteiger charge is -2.32. The predicted octanol–water partition coefficient (Wildman–Crippen LogP) is 3.29. The molecular weight excluding hydrogens is 254 g/mol. The van der Waals surface area contributed by atoms with Crippen molar-refractivity contribution in [3.63, 3.8) is 0 Å². The summed E-state index contributed by atoms with van der Waals surface area (Å²) in [5.74, 6) is 1.97. The van der Waals surface area contributed by atoms with E-state index >= 15 is 0 Å². The lowest BCUT2D eigenvalue weighted by atomic mass is 9.95. The quantitative estimate of drug-likeness (QED) is 0.851. The number of benzene rings is 1. The van der Waals surface area contributed by atoms with E-state index in [2.05, 4.69) is 5.32 Å². The maximum Gasteiger partial charge on any atom is 0.237 e. The third-order valence-electron chi connectivity index (χ3n) is 3.52. The number of hydrogen-bond acceptors (Lipinski definition) is 4. The van der Waals surface area contributed by atoms with Crippen LogP contribution in [-0.4, -0.2) is 11.5 Å². The van der Waals surface area contributed by atoms with E-state index in [4.69, 9.17) is 9.47 Å². The van der Waals surface area contributed by atoms with Gasteiger partial charge in [-0.2, -0.15) is 0 Å². The largest absolute Gasteiger partial charge is 0.466 e. The van der Waals surface area contributed by atoms with Gasteiger partial charge in [0.2, 0.25) is 5.72 Å². The number of rotatable bonds is 1. The van der Waals surface area contributed by atoms with E-state index in [0.29, 0.717) is 17.1 Å². The van der Waals surface area contributed by atoms with Crippen LogP contribution < -0.4 is 10.1 Å². The van der Waals surface area contributed by atoms with Crippen molar-refractivity contribution >= 4 is 11.5 Å². The van der Waals surface area contributed by atoms with Gasteiger partial charge in [-0.1, -0.05) is 6.07 Å². The lowest BCUT2D eigenvalue weighted by Crippen LogP contribution is -2.45.